The molecule has 0 bridgehead atoms. The van der Waals surface area contributed by atoms with Gasteiger partial charge < -0.3 is 14.2 Å². The van der Waals surface area contributed by atoms with E-state index in [0.717, 1.165) is 12.1 Å². The molecule has 12 nitrogen and oxygen atoms in total. The third kappa shape index (κ3) is 7.42. The minimum atomic E-state index is -5.99. The van der Waals surface area contributed by atoms with Gasteiger partial charge in [0.2, 0.25) is 0 Å². The maximum absolute atomic E-state index is 13.8. The Morgan fingerprint density at radius 1 is 1.03 bits per heavy atom. The van der Waals surface area contributed by atoms with Crippen molar-refractivity contribution in [3.63, 3.8) is 0 Å². The zero-order chi connectivity index (χ0) is 30.0. The number of halogens is 6. The average molecular weight is 1020 g/mol. The molecule has 0 aliphatic carbocycles. The van der Waals surface area contributed by atoms with Crippen LogP contribution in [0.3, 0.4) is 0 Å². The first kappa shape index (κ1) is 34.1. The predicted octanol–water partition coefficient (Wildman–Crippen LogP) is 5.44. The van der Waals surface area contributed by atoms with Gasteiger partial charge in [0.15, 0.2) is 6.10 Å². The average Bonchev–Trinajstić information content (AvgIpc) is 2.83. The smallest absolute Gasteiger partial charge is 0.405 e. The Balaban J connectivity index is 2.56. The molecule has 0 heterocycles. The summed E-state index contributed by atoms with van der Waals surface area (Å²) in [4.78, 5) is 48.8. The molecule has 2 aromatic carbocycles. The minimum absolute atomic E-state index is 0.00538. The molecule has 1 N–H and O–H groups in total. The van der Waals surface area contributed by atoms with Gasteiger partial charge in [-0.2, -0.15) is 17.2 Å². The molecule has 19 heteroatoms. The lowest BCUT2D eigenvalue weighted by Crippen LogP contribution is -2.42. The Bertz CT molecular complexity index is 1480. The van der Waals surface area contributed by atoms with Crippen LogP contribution < -0.4 is 4.74 Å². The van der Waals surface area contributed by atoms with Crippen molar-refractivity contribution in [1.29, 1.82) is 0 Å². The number of alkyl halides is 2. The summed E-state index contributed by atoms with van der Waals surface area (Å²) in [5, 5.41) is 6.48. The summed E-state index contributed by atoms with van der Waals surface area (Å²) in [6, 6.07) is 2.31. The molecule has 1 atom stereocenters. The molecule has 0 aromatic heterocycles. The van der Waals surface area contributed by atoms with Gasteiger partial charge in [0, 0.05) is 26.4 Å². The standard InChI is InChI=1S/C20H13F2I4NO11S/c1-3-36-18(29)11-12(14(24)16(26)15(25)13(11)23)19(30)38-8-4-5-10(27(31)32)9(6-8)17(28)37-7(2)20(21,22)39(33,34)35/h4-7H,3H2,1-2H3,(H,33,34,35). The molecule has 0 radical (unpaired) electrons. The summed E-state index contributed by atoms with van der Waals surface area (Å²) >= 11 is 7.62. The zero-order valence-electron chi connectivity index (χ0n) is 19.2. The number of nitro benzene ring substituents is 1. The minimum Gasteiger partial charge on any atom is -0.462 e. The van der Waals surface area contributed by atoms with Gasteiger partial charge in [0.25, 0.3) is 5.69 Å². The van der Waals surface area contributed by atoms with Crippen molar-refractivity contribution in [1.82, 2.24) is 0 Å². The molecule has 0 spiro atoms. The number of rotatable bonds is 9. The van der Waals surface area contributed by atoms with Gasteiger partial charge in [-0.25, -0.2) is 14.4 Å². The number of carbonyl (C=O) groups is 3. The van der Waals surface area contributed by atoms with E-state index in [4.69, 9.17) is 14.0 Å². The molecular weight excluding hydrogens is 1010 g/mol. The summed E-state index contributed by atoms with van der Waals surface area (Å²) < 4.78 is 74.9. The number of nitrogens with zero attached hydrogens (tertiary/aromatic N) is 1. The number of hydrogen-bond donors (Lipinski definition) is 1. The second kappa shape index (κ2) is 13.3. The summed E-state index contributed by atoms with van der Waals surface area (Å²) in [5.41, 5.74) is -2.19. The molecule has 2 aromatic rings. The Morgan fingerprint density at radius 2 is 1.54 bits per heavy atom. The number of benzene rings is 2. The van der Waals surface area contributed by atoms with Crippen molar-refractivity contribution in [2.24, 2.45) is 0 Å². The molecule has 39 heavy (non-hydrogen) atoms. The van der Waals surface area contributed by atoms with E-state index in [0.29, 0.717) is 27.3 Å². The maximum atomic E-state index is 13.8. The van der Waals surface area contributed by atoms with Crippen molar-refractivity contribution in [2.75, 3.05) is 6.61 Å². The topological polar surface area (TPSA) is 176 Å². The highest BCUT2D eigenvalue weighted by atomic mass is 127. The first-order valence-corrected chi connectivity index (χ1v) is 15.7. The highest BCUT2D eigenvalue weighted by Crippen LogP contribution is 2.35. The molecule has 212 valence electrons. The Labute approximate surface area is 273 Å². The van der Waals surface area contributed by atoms with Crippen LogP contribution in [-0.2, 0) is 19.6 Å². The normalized spacial score (nSPS) is 12.4. The van der Waals surface area contributed by atoms with Crippen LogP contribution in [0, 0.1) is 24.4 Å². The van der Waals surface area contributed by atoms with E-state index in [-0.39, 0.29) is 17.7 Å². The van der Waals surface area contributed by atoms with Gasteiger partial charge >= 0.3 is 33.3 Å². The lowest BCUT2D eigenvalue weighted by Gasteiger charge is -2.20. The molecule has 0 saturated heterocycles. The zero-order valence-corrected chi connectivity index (χ0v) is 28.6. The molecule has 0 aliphatic heterocycles. The SMILES string of the molecule is CCOC(=O)c1c(I)c(I)c(I)c(I)c1C(=O)Oc1ccc([N+](=O)[O-])c(C(=O)OC(C)C(F)(F)S(=O)(=O)O)c1. The quantitative estimate of drug-likeness (QED) is 0.0496. The van der Waals surface area contributed by atoms with Crippen LogP contribution in [0.5, 0.6) is 5.75 Å². The van der Waals surface area contributed by atoms with E-state index >= 15 is 0 Å². The van der Waals surface area contributed by atoms with Crippen molar-refractivity contribution < 1.29 is 55.3 Å². The molecule has 1 unspecified atom stereocenters. The van der Waals surface area contributed by atoms with Crippen LogP contribution in [0.25, 0.3) is 0 Å². The number of carbonyl (C=O) groups excluding carboxylic acids is 3. The van der Waals surface area contributed by atoms with Gasteiger partial charge in [0.05, 0.1) is 22.7 Å². The molecule has 0 amide bonds. The second-order valence-electron chi connectivity index (χ2n) is 7.14. The van der Waals surface area contributed by atoms with Gasteiger partial charge in [0.1, 0.15) is 11.3 Å². The van der Waals surface area contributed by atoms with Crippen LogP contribution >= 0.6 is 90.4 Å². The van der Waals surface area contributed by atoms with Crippen molar-refractivity contribution in [2.45, 2.75) is 25.2 Å². The largest absolute Gasteiger partial charge is 0.462 e. The van der Waals surface area contributed by atoms with Crippen molar-refractivity contribution in [3.05, 3.63) is 59.3 Å². The van der Waals surface area contributed by atoms with Crippen molar-refractivity contribution >= 4 is 124 Å². The summed E-state index contributed by atoms with van der Waals surface area (Å²) in [7, 11) is -5.99. The number of esters is 3. The molecule has 0 fully saturated rings. The van der Waals surface area contributed by atoms with Gasteiger partial charge in [-0.1, -0.05) is 0 Å². The highest BCUT2D eigenvalue weighted by Gasteiger charge is 2.52. The van der Waals surface area contributed by atoms with Crippen LogP contribution in [0.1, 0.15) is 44.9 Å². The van der Waals surface area contributed by atoms with Crippen LogP contribution in [0.4, 0.5) is 14.5 Å². The monoisotopic (exact) mass is 1020 g/mol. The third-order valence-corrected chi connectivity index (χ3v) is 13.1. The summed E-state index contributed by atoms with van der Waals surface area (Å²) in [6.45, 7) is 2.02. The highest BCUT2D eigenvalue weighted by molar-refractivity contribution is 14.1. The van der Waals surface area contributed by atoms with E-state index in [2.05, 4.69) is 4.74 Å². The molecule has 2 rings (SSSR count). The third-order valence-electron chi connectivity index (χ3n) is 4.65. The van der Waals surface area contributed by atoms with Gasteiger partial charge in [-0.3, -0.25) is 14.7 Å². The van der Waals surface area contributed by atoms with E-state index < -0.39 is 61.3 Å². The van der Waals surface area contributed by atoms with Gasteiger partial charge in [-0.15, -0.1) is 0 Å². The fourth-order valence-electron chi connectivity index (χ4n) is 2.78. The second-order valence-corrected chi connectivity index (χ2v) is 12.9. The fraction of sp³-hybridized carbons (Fsp3) is 0.250. The molecular formula is C20H13F2I4NO11S. The lowest BCUT2D eigenvalue weighted by atomic mass is 10.1. The van der Waals surface area contributed by atoms with E-state index in [1.807, 2.05) is 90.4 Å². The molecule has 0 aliphatic rings. The Kier molecular flexibility index (Phi) is 11.6. The fourth-order valence-corrected chi connectivity index (χ4v) is 6.88. The first-order valence-electron chi connectivity index (χ1n) is 9.96. The van der Waals surface area contributed by atoms with Crippen molar-refractivity contribution in [3.8, 4) is 5.75 Å². The Hall–Kier alpha value is -1.06. The maximum Gasteiger partial charge on any atom is 0.405 e. The van der Waals surface area contributed by atoms with E-state index in [1.54, 1.807) is 6.92 Å². The Morgan fingerprint density at radius 3 is 2.00 bits per heavy atom. The summed E-state index contributed by atoms with van der Waals surface area (Å²) in [6.07, 6.45) is -2.75. The first-order chi connectivity index (χ1) is 17.9. The van der Waals surface area contributed by atoms with E-state index in [9.17, 15) is 41.7 Å². The van der Waals surface area contributed by atoms with Crippen LogP contribution in [0.15, 0.2) is 18.2 Å². The molecule has 0 saturated carbocycles. The lowest BCUT2D eigenvalue weighted by molar-refractivity contribution is -0.385. The number of nitro groups is 1. The summed E-state index contributed by atoms with van der Waals surface area (Å²) in [5.74, 6) is -4.16. The van der Waals surface area contributed by atoms with Crippen LogP contribution in [-0.4, -0.2) is 53.8 Å². The van der Waals surface area contributed by atoms with E-state index in [1.165, 1.54) is 0 Å². The number of ether oxygens (including phenoxy) is 3. The predicted molar refractivity (Wildman–Crippen MR) is 163 cm³/mol. The van der Waals surface area contributed by atoms with Gasteiger partial charge in [-0.05, 0) is 110 Å². The number of hydrogen-bond acceptors (Lipinski definition) is 10. The van der Waals surface area contributed by atoms with Crippen LogP contribution in [0.2, 0.25) is 0 Å².